The van der Waals surface area contributed by atoms with Crippen LogP contribution in [0.15, 0.2) is 53.4 Å². The Hall–Kier alpha value is -1.89. The number of hydrogen-bond donors (Lipinski definition) is 1. The van der Waals surface area contributed by atoms with Crippen LogP contribution in [0.5, 0.6) is 0 Å². The van der Waals surface area contributed by atoms with Gasteiger partial charge < -0.3 is 4.74 Å². The first-order valence-electron chi connectivity index (χ1n) is 11.3. The lowest BCUT2D eigenvalue weighted by Crippen LogP contribution is -2.29. The number of carbonyl (C=O) groups excluding carboxylic acids is 1. The van der Waals surface area contributed by atoms with Gasteiger partial charge in [0.05, 0.1) is 12.0 Å². The molecule has 0 radical (unpaired) electrons. The number of aryl methyl sites for hydroxylation is 1. The molecule has 5 nitrogen and oxygen atoms in total. The summed E-state index contributed by atoms with van der Waals surface area (Å²) < 4.78 is 33.7. The Morgan fingerprint density at radius 3 is 2.38 bits per heavy atom. The van der Waals surface area contributed by atoms with Gasteiger partial charge in [-0.3, -0.25) is 4.79 Å². The molecule has 0 saturated heterocycles. The van der Waals surface area contributed by atoms with Crippen LogP contribution in [0.1, 0.15) is 68.5 Å². The summed E-state index contributed by atoms with van der Waals surface area (Å²) in [5, 5.41) is 0.504. The lowest BCUT2D eigenvalue weighted by atomic mass is 9.94. The van der Waals surface area contributed by atoms with E-state index in [-0.39, 0.29) is 16.9 Å². The highest BCUT2D eigenvalue weighted by molar-refractivity contribution is 7.89. The van der Waals surface area contributed by atoms with Crippen molar-refractivity contribution in [1.29, 1.82) is 0 Å². The van der Waals surface area contributed by atoms with Crippen LogP contribution >= 0.6 is 11.6 Å². The summed E-state index contributed by atoms with van der Waals surface area (Å²) in [5.74, 6) is 0.473. The number of hydrogen-bond acceptors (Lipinski definition) is 4. The van der Waals surface area contributed by atoms with Crippen LogP contribution in [0.2, 0.25) is 5.02 Å². The second-order valence-corrected chi connectivity index (χ2v) is 10.7. The Balaban J connectivity index is 1.71. The highest BCUT2D eigenvalue weighted by Crippen LogP contribution is 2.32. The molecule has 0 aliphatic heterocycles. The minimum atomic E-state index is -3.67. The Morgan fingerprint density at radius 1 is 1.09 bits per heavy atom. The zero-order valence-corrected chi connectivity index (χ0v) is 20.1. The molecule has 0 bridgehead atoms. The molecule has 1 aliphatic rings. The van der Waals surface area contributed by atoms with Crippen LogP contribution in [-0.4, -0.2) is 21.5 Å². The first-order valence-corrected chi connectivity index (χ1v) is 13.2. The number of halogens is 1. The lowest BCUT2D eigenvalue weighted by Gasteiger charge is -2.21. The molecule has 0 heterocycles. The smallest absolute Gasteiger partial charge is 0.305 e. The largest absolute Gasteiger partial charge is 0.469 e. The summed E-state index contributed by atoms with van der Waals surface area (Å²) in [4.78, 5) is 11.5. The van der Waals surface area contributed by atoms with Crippen molar-refractivity contribution in [2.24, 2.45) is 5.92 Å². The number of sulfonamides is 1. The van der Waals surface area contributed by atoms with Gasteiger partial charge in [0.15, 0.2) is 0 Å². The predicted molar refractivity (Wildman–Crippen MR) is 127 cm³/mol. The average Bonchev–Trinajstić information content (AvgIpc) is 3.31. The summed E-state index contributed by atoms with van der Waals surface area (Å²) >= 11 is 5.92. The van der Waals surface area contributed by atoms with Crippen LogP contribution in [0.4, 0.5) is 0 Å². The number of carbonyl (C=O) groups is 1. The fourth-order valence-electron chi connectivity index (χ4n) is 4.32. The van der Waals surface area contributed by atoms with E-state index in [0.29, 0.717) is 17.4 Å². The third kappa shape index (κ3) is 7.32. The third-order valence-electron chi connectivity index (χ3n) is 6.22. The highest BCUT2D eigenvalue weighted by atomic mass is 35.5. The molecule has 0 amide bonds. The van der Waals surface area contributed by atoms with Gasteiger partial charge in [-0.25, -0.2) is 13.1 Å². The molecule has 1 unspecified atom stereocenters. The number of nitrogens with one attached hydrogen (secondary N) is 1. The maximum absolute atomic E-state index is 13.0. The minimum absolute atomic E-state index is 0.204. The van der Waals surface area contributed by atoms with Gasteiger partial charge >= 0.3 is 5.97 Å². The van der Waals surface area contributed by atoms with Crippen molar-refractivity contribution in [3.8, 4) is 0 Å². The Kier molecular flexibility index (Phi) is 9.14. The van der Waals surface area contributed by atoms with Gasteiger partial charge in [0.2, 0.25) is 10.0 Å². The van der Waals surface area contributed by atoms with Crippen molar-refractivity contribution in [3.63, 3.8) is 0 Å². The van der Waals surface area contributed by atoms with Crippen molar-refractivity contribution in [3.05, 3.63) is 64.7 Å². The summed E-state index contributed by atoms with van der Waals surface area (Å²) in [6.45, 7) is 0. The number of esters is 1. The van der Waals surface area contributed by atoms with Crippen molar-refractivity contribution in [2.45, 2.75) is 68.7 Å². The van der Waals surface area contributed by atoms with Crippen molar-refractivity contribution in [2.75, 3.05) is 7.11 Å². The van der Waals surface area contributed by atoms with E-state index >= 15 is 0 Å². The lowest BCUT2D eigenvalue weighted by molar-refractivity contribution is -0.140. The zero-order chi connectivity index (χ0) is 23.0. The molecule has 7 heteroatoms. The normalized spacial score (nSPS) is 15.6. The van der Waals surface area contributed by atoms with Crippen molar-refractivity contribution in [1.82, 2.24) is 4.72 Å². The maximum Gasteiger partial charge on any atom is 0.305 e. The Labute approximate surface area is 196 Å². The summed E-state index contributed by atoms with van der Waals surface area (Å²) in [7, 11) is -2.27. The number of benzene rings is 2. The minimum Gasteiger partial charge on any atom is -0.469 e. The molecule has 0 spiro atoms. The van der Waals surface area contributed by atoms with Gasteiger partial charge in [-0.1, -0.05) is 61.5 Å². The number of rotatable bonds is 11. The molecule has 1 saturated carbocycles. The first-order chi connectivity index (χ1) is 15.4. The first kappa shape index (κ1) is 24.7. The van der Waals surface area contributed by atoms with E-state index in [1.165, 1.54) is 44.9 Å². The van der Waals surface area contributed by atoms with E-state index in [1.807, 2.05) is 24.3 Å². The fraction of sp³-hybridized carbons (Fsp3) is 0.480. The molecule has 32 heavy (non-hydrogen) atoms. The molecule has 1 fully saturated rings. The van der Waals surface area contributed by atoms with E-state index < -0.39 is 10.0 Å². The van der Waals surface area contributed by atoms with E-state index in [2.05, 4.69) is 9.46 Å². The summed E-state index contributed by atoms with van der Waals surface area (Å²) in [6, 6.07) is 14.0. The molecule has 174 valence electrons. The van der Waals surface area contributed by atoms with Crippen LogP contribution in [-0.2, 0) is 26.0 Å². The van der Waals surface area contributed by atoms with Gasteiger partial charge in [0.25, 0.3) is 0 Å². The van der Waals surface area contributed by atoms with Gasteiger partial charge in [0, 0.05) is 17.5 Å². The monoisotopic (exact) mass is 477 g/mol. The summed E-state index contributed by atoms with van der Waals surface area (Å²) in [6.07, 6.45) is 8.67. The molecule has 0 aromatic heterocycles. The van der Waals surface area contributed by atoms with Crippen molar-refractivity contribution >= 4 is 27.6 Å². The SMILES string of the molecule is COC(=O)CCCc1ccc(C(CCC2CCCC2)NS(=O)(=O)c2ccc(Cl)cc2)cc1. The van der Waals surface area contributed by atoms with E-state index in [9.17, 15) is 13.2 Å². The number of ether oxygens (including phenoxy) is 1. The van der Waals surface area contributed by atoms with E-state index in [0.717, 1.165) is 36.8 Å². The second-order valence-electron chi connectivity index (χ2n) is 8.53. The van der Waals surface area contributed by atoms with E-state index in [1.54, 1.807) is 12.1 Å². The zero-order valence-electron chi connectivity index (χ0n) is 18.6. The Morgan fingerprint density at radius 2 is 1.75 bits per heavy atom. The highest BCUT2D eigenvalue weighted by Gasteiger charge is 2.24. The second kappa shape index (κ2) is 11.8. The number of methoxy groups -OCH3 is 1. The molecule has 1 atom stereocenters. The topological polar surface area (TPSA) is 72.5 Å². The molecular weight excluding hydrogens is 446 g/mol. The van der Waals surface area contributed by atoms with Gasteiger partial charge in [0.1, 0.15) is 0 Å². The molecule has 2 aromatic carbocycles. The van der Waals surface area contributed by atoms with Crippen LogP contribution in [0, 0.1) is 5.92 Å². The van der Waals surface area contributed by atoms with Crippen LogP contribution < -0.4 is 4.72 Å². The third-order valence-corrected chi connectivity index (χ3v) is 7.96. The van der Waals surface area contributed by atoms with Gasteiger partial charge in [-0.2, -0.15) is 0 Å². The molecule has 1 aliphatic carbocycles. The molecule has 3 rings (SSSR count). The molecule has 1 N–H and O–H groups in total. The maximum atomic E-state index is 13.0. The fourth-order valence-corrected chi connectivity index (χ4v) is 5.70. The molecule has 2 aromatic rings. The Bertz CT molecular complexity index is 968. The van der Waals surface area contributed by atoms with E-state index in [4.69, 9.17) is 11.6 Å². The van der Waals surface area contributed by atoms with Gasteiger partial charge in [-0.05, 0) is 67.0 Å². The average molecular weight is 478 g/mol. The predicted octanol–water partition coefficient (Wildman–Crippen LogP) is 5.83. The van der Waals surface area contributed by atoms with Crippen molar-refractivity contribution < 1.29 is 17.9 Å². The van der Waals surface area contributed by atoms with Gasteiger partial charge in [-0.15, -0.1) is 0 Å². The quantitative estimate of drug-likeness (QED) is 0.413. The summed E-state index contributed by atoms with van der Waals surface area (Å²) in [5.41, 5.74) is 2.07. The van der Waals surface area contributed by atoms with Crippen LogP contribution in [0.3, 0.4) is 0 Å². The van der Waals surface area contributed by atoms with Crippen LogP contribution in [0.25, 0.3) is 0 Å². The standard InChI is InChI=1S/C25H32ClNO4S/c1-31-25(28)8-4-7-20-9-12-21(13-10-20)24(18-11-19-5-2-3-6-19)27-32(29,30)23-16-14-22(26)15-17-23/h9-10,12-17,19,24,27H,2-8,11,18H2,1H3. The molecular formula is C25H32ClNO4S.